The second kappa shape index (κ2) is 9.89. The number of pyridine rings is 1. The molecule has 1 amide bonds. The van der Waals surface area contributed by atoms with Crippen LogP contribution in [0.2, 0.25) is 0 Å². The van der Waals surface area contributed by atoms with E-state index in [1.807, 2.05) is 25.1 Å². The monoisotopic (exact) mass is 416 g/mol. The molecule has 8 nitrogen and oxygen atoms in total. The highest BCUT2D eigenvalue weighted by Crippen LogP contribution is 2.22. The molecule has 0 unspecified atom stereocenters. The number of carbonyl (C=O) groups excluding carboxylic acids is 1. The van der Waals surface area contributed by atoms with Gasteiger partial charge in [-0.2, -0.15) is 5.26 Å². The van der Waals surface area contributed by atoms with Gasteiger partial charge in [-0.05, 0) is 56.7 Å². The topological polar surface area (TPSA) is 112 Å². The van der Waals surface area contributed by atoms with Gasteiger partial charge < -0.3 is 9.64 Å². The summed E-state index contributed by atoms with van der Waals surface area (Å²) in [5.41, 5.74) is 2.80. The first kappa shape index (κ1) is 22.2. The fourth-order valence-electron chi connectivity index (χ4n) is 2.70. The number of benzene rings is 1. The summed E-state index contributed by atoms with van der Waals surface area (Å²) in [5.74, 6) is -0.404. The van der Waals surface area contributed by atoms with Gasteiger partial charge in [-0.1, -0.05) is 0 Å². The minimum Gasteiger partial charge on any atom is -0.448 e. The van der Waals surface area contributed by atoms with Crippen molar-refractivity contribution in [2.45, 2.75) is 25.8 Å². The van der Waals surface area contributed by atoms with Crippen LogP contribution in [0.5, 0.6) is 0 Å². The minimum atomic E-state index is -3.71. The highest BCUT2D eigenvalue weighted by Gasteiger charge is 2.17. The molecule has 1 aromatic carbocycles. The largest absolute Gasteiger partial charge is 0.448 e. The van der Waals surface area contributed by atoms with Crippen molar-refractivity contribution >= 4 is 27.3 Å². The third-order valence-corrected chi connectivity index (χ3v) is 5.93. The first-order chi connectivity index (χ1) is 13.8. The van der Waals surface area contributed by atoms with Crippen molar-refractivity contribution in [1.82, 2.24) is 4.98 Å². The predicted octanol–water partition coefficient (Wildman–Crippen LogP) is 3.13. The van der Waals surface area contributed by atoms with Crippen LogP contribution in [-0.4, -0.2) is 44.9 Å². The Hall–Kier alpha value is -3.12. The van der Waals surface area contributed by atoms with Crippen molar-refractivity contribution in [1.29, 1.82) is 5.26 Å². The molecule has 0 aliphatic carbocycles. The molecule has 0 bridgehead atoms. The average molecular weight is 417 g/mol. The summed E-state index contributed by atoms with van der Waals surface area (Å²) in [4.78, 5) is 18.0. The molecule has 0 radical (unpaired) electrons. The number of nitrogens with zero attached hydrogens (tertiary/aromatic N) is 3. The Balaban J connectivity index is 1.92. The number of amides is 1. The summed E-state index contributed by atoms with van der Waals surface area (Å²) in [6.45, 7) is 7.48. The number of ether oxygens (including phenoxy) is 1. The molecule has 0 atom stereocenters. The van der Waals surface area contributed by atoms with Crippen LogP contribution < -0.4 is 10.2 Å². The van der Waals surface area contributed by atoms with E-state index in [9.17, 15) is 13.2 Å². The summed E-state index contributed by atoms with van der Waals surface area (Å²) in [5, 5.41) is 11.2. The summed E-state index contributed by atoms with van der Waals surface area (Å²) in [6, 6.07) is 10.2. The summed E-state index contributed by atoms with van der Waals surface area (Å²) >= 11 is 0. The van der Waals surface area contributed by atoms with Gasteiger partial charge in [0.1, 0.15) is 12.7 Å². The van der Waals surface area contributed by atoms with Crippen LogP contribution in [0.4, 0.5) is 16.2 Å². The number of nitrogens with one attached hydrogen (secondary N) is 1. The lowest BCUT2D eigenvalue weighted by Gasteiger charge is -2.22. The van der Waals surface area contributed by atoms with Crippen molar-refractivity contribution < 1.29 is 17.9 Å². The summed E-state index contributed by atoms with van der Waals surface area (Å²) in [6.07, 6.45) is 0.456. The van der Waals surface area contributed by atoms with E-state index in [0.717, 1.165) is 24.3 Å². The Morgan fingerprint density at radius 2 is 1.97 bits per heavy atom. The van der Waals surface area contributed by atoms with Crippen LogP contribution in [0.1, 0.15) is 25.0 Å². The number of hydrogen-bond acceptors (Lipinski definition) is 7. The molecule has 29 heavy (non-hydrogen) atoms. The molecule has 9 heteroatoms. The summed E-state index contributed by atoms with van der Waals surface area (Å²) < 4.78 is 29.4. The fraction of sp³-hybridized carbons (Fsp3) is 0.350. The fourth-order valence-corrected chi connectivity index (χ4v) is 3.70. The molecule has 1 heterocycles. The predicted molar refractivity (Wildman–Crippen MR) is 111 cm³/mol. The zero-order valence-electron chi connectivity index (χ0n) is 16.7. The van der Waals surface area contributed by atoms with Gasteiger partial charge in [0.2, 0.25) is 0 Å². The maximum atomic E-state index is 12.2. The van der Waals surface area contributed by atoms with Crippen molar-refractivity contribution in [3.63, 3.8) is 0 Å². The van der Waals surface area contributed by atoms with E-state index in [4.69, 9.17) is 10.00 Å². The molecule has 0 aliphatic heterocycles. The lowest BCUT2D eigenvalue weighted by atomic mass is 10.1. The molecular formula is C20H24N4O4S. The number of sulfone groups is 1. The Bertz CT molecular complexity index is 994. The minimum absolute atomic E-state index is 0.164. The Labute approximate surface area is 171 Å². The Morgan fingerprint density at radius 3 is 2.52 bits per heavy atom. The molecule has 2 rings (SSSR count). The zero-order valence-corrected chi connectivity index (χ0v) is 17.5. The quantitative estimate of drug-likeness (QED) is 0.703. The molecule has 0 saturated heterocycles. The molecule has 1 N–H and O–H groups in total. The number of nitriles is 1. The second-order valence-corrected chi connectivity index (χ2v) is 8.30. The van der Waals surface area contributed by atoms with Crippen molar-refractivity contribution in [2.24, 2.45) is 0 Å². The van der Waals surface area contributed by atoms with Gasteiger partial charge in [0, 0.05) is 30.7 Å². The maximum Gasteiger partial charge on any atom is 0.411 e. The van der Waals surface area contributed by atoms with Crippen molar-refractivity contribution in [3.05, 3.63) is 47.7 Å². The summed E-state index contributed by atoms with van der Waals surface area (Å²) in [7, 11) is -3.71. The normalized spacial score (nSPS) is 10.8. The van der Waals surface area contributed by atoms with Crippen LogP contribution in [0.25, 0.3) is 0 Å². The molecule has 0 spiro atoms. The number of aromatic nitrogens is 1. The van der Waals surface area contributed by atoms with E-state index < -0.39 is 21.7 Å². The first-order valence-electron chi connectivity index (χ1n) is 9.19. The molecule has 0 saturated carbocycles. The van der Waals surface area contributed by atoms with Crippen molar-refractivity contribution in [3.8, 4) is 6.07 Å². The molecule has 0 aliphatic rings. The second-order valence-electron chi connectivity index (χ2n) is 6.25. The average Bonchev–Trinajstić information content (AvgIpc) is 2.70. The van der Waals surface area contributed by atoms with Gasteiger partial charge in [0.15, 0.2) is 14.9 Å². The lowest BCUT2D eigenvalue weighted by Crippen LogP contribution is -2.22. The molecule has 1 aromatic heterocycles. The van der Waals surface area contributed by atoms with Crippen LogP contribution in [0.15, 0.2) is 41.6 Å². The smallest absolute Gasteiger partial charge is 0.411 e. The van der Waals surface area contributed by atoms with Gasteiger partial charge in [0.05, 0.1) is 11.3 Å². The van der Waals surface area contributed by atoms with E-state index in [1.54, 1.807) is 6.07 Å². The number of rotatable bonds is 8. The Morgan fingerprint density at radius 1 is 1.24 bits per heavy atom. The van der Waals surface area contributed by atoms with Crippen LogP contribution in [-0.2, 0) is 14.6 Å². The van der Waals surface area contributed by atoms with Gasteiger partial charge in [-0.3, -0.25) is 5.32 Å². The first-order valence-corrected chi connectivity index (χ1v) is 10.8. The number of anilines is 2. The highest BCUT2D eigenvalue weighted by atomic mass is 32.2. The third kappa shape index (κ3) is 5.93. The van der Waals surface area contributed by atoms with E-state index in [2.05, 4.69) is 29.0 Å². The van der Waals surface area contributed by atoms with Crippen LogP contribution >= 0.6 is 0 Å². The van der Waals surface area contributed by atoms with Crippen LogP contribution in [0.3, 0.4) is 0 Å². The van der Waals surface area contributed by atoms with Gasteiger partial charge in [-0.25, -0.2) is 18.2 Å². The number of hydrogen-bond donors (Lipinski definition) is 1. The SMILES string of the molecule is CCN(CC)c1ccc(NC(=O)OCCS(=O)(=O)c2ccc(C#N)cn2)c(C)c1. The van der Waals surface area contributed by atoms with E-state index in [0.29, 0.717) is 5.69 Å². The third-order valence-electron chi connectivity index (χ3n) is 4.34. The number of aryl methyl sites for hydroxylation is 1. The van der Waals surface area contributed by atoms with Gasteiger partial charge in [0.25, 0.3) is 0 Å². The standard InChI is InChI=1S/C20H24N4O4S/c1-4-24(5-2)17-7-8-18(15(3)12-17)23-20(25)28-10-11-29(26,27)19-9-6-16(13-21)14-22-19/h6-9,12,14H,4-5,10-11H2,1-3H3,(H,23,25). The van der Waals surface area contributed by atoms with Gasteiger partial charge in [-0.15, -0.1) is 0 Å². The van der Waals surface area contributed by atoms with E-state index >= 15 is 0 Å². The molecule has 0 fully saturated rings. The maximum absolute atomic E-state index is 12.2. The lowest BCUT2D eigenvalue weighted by molar-refractivity contribution is 0.168. The Kier molecular flexibility index (Phi) is 7.56. The molecular weight excluding hydrogens is 392 g/mol. The van der Waals surface area contributed by atoms with E-state index in [-0.39, 0.29) is 17.2 Å². The highest BCUT2D eigenvalue weighted by molar-refractivity contribution is 7.91. The molecule has 154 valence electrons. The van der Waals surface area contributed by atoms with Crippen LogP contribution in [0, 0.1) is 18.3 Å². The van der Waals surface area contributed by atoms with Gasteiger partial charge >= 0.3 is 6.09 Å². The van der Waals surface area contributed by atoms with E-state index in [1.165, 1.54) is 18.3 Å². The van der Waals surface area contributed by atoms with Crippen molar-refractivity contribution in [2.75, 3.05) is 35.7 Å². The number of carbonyl (C=O) groups is 1. The zero-order chi connectivity index (χ0) is 21.4. The molecule has 2 aromatic rings.